The summed E-state index contributed by atoms with van der Waals surface area (Å²) in [5, 5.41) is 16.2. The van der Waals surface area contributed by atoms with Gasteiger partial charge in [-0.1, -0.05) is 0 Å². The van der Waals surface area contributed by atoms with Gasteiger partial charge in [-0.15, -0.1) is 0 Å². The zero-order chi connectivity index (χ0) is 8.43. The Morgan fingerprint density at radius 3 is 2.82 bits per heavy atom. The molecule has 0 spiro atoms. The summed E-state index contributed by atoms with van der Waals surface area (Å²) in [6.07, 6.45) is 1.28. The number of nitrogens with two attached hydrogens (primary N) is 1. The second kappa shape index (κ2) is 2.57. The highest BCUT2D eigenvalue weighted by Crippen LogP contribution is 2.14. The average molecular weight is 151 g/mol. The molecule has 0 aliphatic rings. The third-order valence-electron chi connectivity index (χ3n) is 1.31. The Morgan fingerprint density at radius 2 is 2.36 bits per heavy atom. The Labute approximate surface area is 64.2 Å². The summed E-state index contributed by atoms with van der Waals surface area (Å²) < 4.78 is 0. The molecular formula is C7H9N3O. The van der Waals surface area contributed by atoms with Crippen LogP contribution in [-0.4, -0.2) is 15.9 Å². The van der Waals surface area contributed by atoms with Crippen LogP contribution < -0.4 is 5.73 Å². The van der Waals surface area contributed by atoms with E-state index in [1.165, 1.54) is 6.20 Å². The molecule has 1 rings (SSSR count). The number of aromatic hydroxyl groups is 1. The van der Waals surface area contributed by atoms with Gasteiger partial charge in [0.1, 0.15) is 11.6 Å². The lowest BCUT2D eigenvalue weighted by molar-refractivity contribution is 0.471. The van der Waals surface area contributed by atoms with Gasteiger partial charge >= 0.3 is 0 Å². The van der Waals surface area contributed by atoms with Gasteiger partial charge in [-0.05, 0) is 13.0 Å². The predicted octanol–water partition coefficient (Wildman–Crippen LogP) is 0.380. The van der Waals surface area contributed by atoms with E-state index in [9.17, 15) is 0 Å². The second-order valence-corrected chi connectivity index (χ2v) is 2.26. The molecule has 0 bridgehead atoms. The van der Waals surface area contributed by atoms with Crippen LogP contribution in [-0.2, 0) is 0 Å². The van der Waals surface area contributed by atoms with Crippen LogP contribution in [0.5, 0.6) is 5.75 Å². The Hall–Kier alpha value is -1.58. The molecule has 0 unspecified atom stereocenters. The molecular weight excluding hydrogens is 142 g/mol. The molecule has 0 radical (unpaired) electrons. The molecule has 1 heterocycles. The second-order valence-electron chi connectivity index (χ2n) is 2.26. The molecule has 0 aliphatic carbocycles. The Morgan fingerprint density at radius 1 is 1.73 bits per heavy atom. The maximum atomic E-state index is 9.12. The van der Waals surface area contributed by atoms with E-state index in [1.54, 1.807) is 13.0 Å². The van der Waals surface area contributed by atoms with Crippen LogP contribution >= 0.6 is 0 Å². The van der Waals surface area contributed by atoms with Crippen molar-refractivity contribution in [2.24, 2.45) is 5.73 Å². The molecule has 0 aromatic carbocycles. The lowest BCUT2D eigenvalue weighted by atomic mass is 10.2. The molecule has 4 nitrogen and oxygen atoms in total. The normalized spacial score (nSPS) is 9.55. The van der Waals surface area contributed by atoms with Gasteiger partial charge in [-0.25, -0.2) is 0 Å². The first-order chi connectivity index (χ1) is 5.11. The highest BCUT2D eigenvalue weighted by atomic mass is 16.3. The fraction of sp³-hybridized carbons (Fsp3) is 0.143. The molecule has 0 atom stereocenters. The van der Waals surface area contributed by atoms with E-state index in [1.807, 2.05) is 0 Å². The van der Waals surface area contributed by atoms with E-state index in [2.05, 4.69) is 4.98 Å². The van der Waals surface area contributed by atoms with Crippen molar-refractivity contribution in [2.75, 3.05) is 0 Å². The zero-order valence-electron chi connectivity index (χ0n) is 6.13. The number of rotatable bonds is 1. The third-order valence-corrected chi connectivity index (χ3v) is 1.31. The van der Waals surface area contributed by atoms with Crippen molar-refractivity contribution < 1.29 is 5.11 Å². The Kier molecular flexibility index (Phi) is 1.76. The SMILES string of the molecule is Cc1cc(C(=N)N)c(O)cn1. The number of pyridine rings is 1. The van der Waals surface area contributed by atoms with Crippen LogP contribution in [0.2, 0.25) is 0 Å². The number of aromatic nitrogens is 1. The van der Waals surface area contributed by atoms with Crippen LogP contribution in [0, 0.1) is 12.3 Å². The lowest BCUT2D eigenvalue weighted by Crippen LogP contribution is -2.11. The van der Waals surface area contributed by atoms with Crippen LogP contribution in [0.1, 0.15) is 11.3 Å². The monoisotopic (exact) mass is 151 g/mol. The minimum Gasteiger partial charge on any atom is -0.506 e. The van der Waals surface area contributed by atoms with Crippen molar-refractivity contribution in [1.29, 1.82) is 5.41 Å². The van der Waals surface area contributed by atoms with Gasteiger partial charge in [0.05, 0.1) is 11.8 Å². The van der Waals surface area contributed by atoms with E-state index in [0.29, 0.717) is 5.56 Å². The smallest absolute Gasteiger partial charge is 0.144 e. The van der Waals surface area contributed by atoms with E-state index in [-0.39, 0.29) is 11.6 Å². The largest absolute Gasteiger partial charge is 0.506 e. The quantitative estimate of drug-likeness (QED) is 0.400. The third kappa shape index (κ3) is 1.46. The van der Waals surface area contributed by atoms with Crippen molar-refractivity contribution >= 4 is 5.84 Å². The van der Waals surface area contributed by atoms with Crippen molar-refractivity contribution in [2.45, 2.75) is 6.92 Å². The van der Waals surface area contributed by atoms with Gasteiger partial charge in [-0.3, -0.25) is 10.4 Å². The molecule has 0 fully saturated rings. The number of hydrogen-bond acceptors (Lipinski definition) is 3. The maximum absolute atomic E-state index is 9.12. The molecule has 0 amide bonds. The van der Waals surface area contributed by atoms with Gasteiger partial charge in [0.2, 0.25) is 0 Å². The van der Waals surface area contributed by atoms with Gasteiger partial charge in [0.15, 0.2) is 0 Å². The first kappa shape index (κ1) is 7.53. The van der Waals surface area contributed by atoms with Crippen LogP contribution in [0.15, 0.2) is 12.3 Å². The summed E-state index contributed by atoms with van der Waals surface area (Å²) in [4.78, 5) is 3.82. The number of amidine groups is 1. The lowest BCUT2D eigenvalue weighted by Gasteiger charge is -2.01. The van der Waals surface area contributed by atoms with Gasteiger partial charge in [0.25, 0.3) is 0 Å². The van der Waals surface area contributed by atoms with Crippen molar-refractivity contribution in [3.63, 3.8) is 0 Å². The molecule has 0 aliphatic heterocycles. The Balaban J connectivity index is 3.23. The Bertz CT molecular complexity index is 296. The van der Waals surface area contributed by atoms with E-state index < -0.39 is 0 Å². The average Bonchev–Trinajstić information content (AvgIpc) is 1.94. The first-order valence-corrected chi connectivity index (χ1v) is 3.11. The highest BCUT2D eigenvalue weighted by molar-refractivity contribution is 5.97. The minimum absolute atomic E-state index is 0.0527. The minimum atomic E-state index is -0.145. The molecule has 4 heteroatoms. The molecule has 1 aromatic rings. The predicted molar refractivity (Wildman–Crippen MR) is 41.7 cm³/mol. The summed E-state index contributed by atoms with van der Waals surface area (Å²) in [6, 6.07) is 1.57. The van der Waals surface area contributed by atoms with E-state index in [0.717, 1.165) is 5.69 Å². The number of aryl methyl sites for hydroxylation is 1. The fourth-order valence-electron chi connectivity index (χ4n) is 0.768. The van der Waals surface area contributed by atoms with Crippen LogP contribution in [0.25, 0.3) is 0 Å². The van der Waals surface area contributed by atoms with Gasteiger partial charge in [-0.2, -0.15) is 0 Å². The standard InChI is InChI=1S/C7H9N3O/c1-4-2-5(7(8)9)6(11)3-10-4/h2-3,11H,1H3,(H3,8,9). The molecule has 4 N–H and O–H groups in total. The molecule has 0 saturated heterocycles. The highest BCUT2D eigenvalue weighted by Gasteiger charge is 2.03. The van der Waals surface area contributed by atoms with Crippen molar-refractivity contribution in [3.05, 3.63) is 23.5 Å². The van der Waals surface area contributed by atoms with Crippen molar-refractivity contribution in [1.82, 2.24) is 4.98 Å². The van der Waals surface area contributed by atoms with E-state index in [4.69, 9.17) is 16.2 Å². The van der Waals surface area contributed by atoms with Crippen LogP contribution in [0.4, 0.5) is 0 Å². The number of nitrogens with zero attached hydrogens (tertiary/aromatic N) is 1. The molecule has 58 valence electrons. The molecule has 0 saturated carbocycles. The summed E-state index contributed by atoms with van der Waals surface area (Å²) >= 11 is 0. The zero-order valence-corrected chi connectivity index (χ0v) is 6.13. The topological polar surface area (TPSA) is 83.0 Å². The van der Waals surface area contributed by atoms with Gasteiger partial charge < -0.3 is 10.8 Å². The summed E-state index contributed by atoms with van der Waals surface area (Å²) in [5.74, 6) is -0.198. The molecule has 11 heavy (non-hydrogen) atoms. The van der Waals surface area contributed by atoms with Crippen LogP contribution in [0.3, 0.4) is 0 Å². The van der Waals surface area contributed by atoms with Gasteiger partial charge in [0, 0.05) is 5.69 Å². The number of hydrogen-bond donors (Lipinski definition) is 3. The maximum Gasteiger partial charge on any atom is 0.144 e. The van der Waals surface area contributed by atoms with E-state index >= 15 is 0 Å². The first-order valence-electron chi connectivity index (χ1n) is 3.11. The number of nitrogens with one attached hydrogen (secondary N) is 1. The summed E-state index contributed by atoms with van der Waals surface area (Å²) in [7, 11) is 0. The summed E-state index contributed by atoms with van der Waals surface area (Å²) in [6.45, 7) is 1.77. The number of nitrogen functional groups attached to an aromatic ring is 1. The fourth-order valence-corrected chi connectivity index (χ4v) is 0.768. The van der Waals surface area contributed by atoms with Crippen molar-refractivity contribution in [3.8, 4) is 5.75 Å². The summed E-state index contributed by atoms with van der Waals surface area (Å²) in [5.41, 5.74) is 6.24. The molecule has 1 aromatic heterocycles.